The molecule has 0 N–H and O–H groups in total. The molecule has 2 aromatic carbocycles. The van der Waals surface area contributed by atoms with Crippen molar-refractivity contribution in [3.8, 4) is 22.4 Å². The summed E-state index contributed by atoms with van der Waals surface area (Å²) in [4.78, 5) is 8.60. The van der Waals surface area contributed by atoms with Crippen LogP contribution in [0.1, 0.15) is 34.0 Å². The van der Waals surface area contributed by atoms with E-state index in [1.54, 1.807) is 0 Å². The summed E-state index contributed by atoms with van der Waals surface area (Å²) in [6.07, 6.45) is 1.90. The van der Waals surface area contributed by atoms with E-state index in [1.165, 1.54) is 16.7 Å². The Morgan fingerprint density at radius 3 is 2.07 bits per heavy atom. The number of hydrogen-bond acceptors (Lipinski definition) is 4. The van der Waals surface area contributed by atoms with Gasteiger partial charge in [0.1, 0.15) is 17.3 Å². The maximum atomic E-state index is 5.13. The highest BCUT2D eigenvalue weighted by atomic mass is 16.5. The summed E-state index contributed by atoms with van der Waals surface area (Å²) in [5.41, 5.74) is 9.03. The molecular formula is C25H27N3O. The van der Waals surface area contributed by atoms with E-state index in [1.807, 2.05) is 33.9 Å². The Bertz CT molecular complexity index is 1110. The zero-order chi connectivity index (χ0) is 21.0. The van der Waals surface area contributed by atoms with Crippen LogP contribution in [0.2, 0.25) is 0 Å². The smallest absolute Gasteiger partial charge is 0.137 e. The van der Waals surface area contributed by atoms with Gasteiger partial charge in [0.25, 0.3) is 0 Å². The van der Waals surface area contributed by atoms with Crippen molar-refractivity contribution in [2.75, 3.05) is 0 Å². The van der Waals surface area contributed by atoms with Gasteiger partial charge in [-0.2, -0.15) is 0 Å². The van der Waals surface area contributed by atoms with Gasteiger partial charge < -0.3 is 4.52 Å². The maximum absolute atomic E-state index is 5.13. The molecule has 0 aliphatic rings. The Balaban J connectivity index is 0.000000166. The minimum atomic E-state index is 0.823. The summed E-state index contributed by atoms with van der Waals surface area (Å²) in [5.74, 6) is 1.71. The fourth-order valence-corrected chi connectivity index (χ4v) is 3.08. The molecule has 0 amide bonds. The monoisotopic (exact) mass is 385 g/mol. The van der Waals surface area contributed by atoms with E-state index in [0.717, 1.165) is 39.7 Å². The van der Waals surface area contributed by atoms with E-state index >= 15 is 0 Å². The normalized spacial score (nSPS) is 10.4. The molecule has 0 radical (unpaired) electrons. The predicted octanol–water partition coefficient (Wildman–Crippen LogP) is 6.34. The molecule has 4 nitrogen and oxygen atoms in total. The van der Waals surface area contributed by atoms with E-state index in [9.17, 15) is 0 Å². The molecule has 0 aliphatic carbocycles. The fraction of sp³-hybridized carbons (Fsp3) is 0.240. The highest BCUT2D eigenvalue weighted by Gasteiger charge is 2.09. The number of nitrogens with zero attached hydrogens (tertiary/aromatic N) is 3. The van der Waals surface area contributed by atoms with Crippen LogP contribution in [-0.4, -0.2) is 15.1 Å². The van der Waals surface area contributed by atoms with Crippen molar-refractivity contribution in [1.82, 2.24) is 15.1 Å². The Labute approximate surface area is 172 Å². The van der Waals surface area contributed by atoms with E-state index in [0.29, 0.717) is 0 Å². The van der Waals surface area contributed by atoms with Gasteiger partial charge >= 0.3 is 0 Å². The van der Waals surface area contributed by atoms with Crippen LogP contribution < -0.4 is 0 Å². The first kappa shape index (κ1) is 20.5. The number of hydrogen-bond donors (Lipinski definition) is 0. The van der Waals surface area contributed by atoms with Crippen molar-refractivity contribution in [3.63, 3.8) is 0 Å². The van der Waals surface area contributed by atoms with Gasteiger partial charge in [-0.05, 0) is 47.1 Å². The Morgan fingerprint density at radius 2 is 1.48 bits per heavy atom. The molecular weight excluding hydrogens is 358 g/mol. The van der Waals surface area contributed by atoms with Crippen molar-refractivity contribution >= 4 is 0 Å². The standard InChI is InChI=1S/C13H14N2.C12H13NO/c1-9-5-4-6-12(7-9)13-8-14-11(3)15-10(13)2;1-8-4-6-11(7-5-8)12-9(2)10(3)14-13-12/h4-8H,1-3H3;4-7H,1-3H3. The first-order valence-electron chi connectivity index (χ1n) is 9.72. The third kappa shape index (κ3) is 4.96. The molecule has 0 fully saturated rings. The van der Waals surface area contributed by atoms with E-state index in [-0.39, 0.29) is 0 Å². The van der Waals surface area contributed by atoms with Gasteiger partial charge in [0.05, 0.1) is 0 Å². The van der Waals surface area contributed by atoms with Gasteiger partial charge in [0.15, 0.2) is 0 Å². The van der Waals surface area contributed by atoms with Crippen LogP contribution in [0.25, 0.3) is 22.4 Å². The van der Waals surface area contributed by atoms with E-state index < -0.39 is 0 Å². The predicted molar refractivity (Wildman–Crippen MR) is 118 cm³/mol. The van der Waals surface area contributed by atoms with Crippen molar-refractivity contribution in [1.29, 1.82) is 0 Å². The number of benzene rings is 2. The van der Waals surface area contributed by atoms with Crippen LogP contribution in [0.15, 0.2) is 59.3 Å². The second-order valence-corrected chi connectivity index (χ2v) is 7.36. The second kappa shape index (κ2) is 8.82. The molecule has 0 unspecified atom stereocenters. The molecule has 2 heterocycles. The summed E-state index contributed by atoms with van der Waals surface area (Å²) in [6.45, 7) is 12.1. The number of rotatable bonds is 2. The Morgan fingerprint density at radius 1 is 0.759 bits per heavy atom. The minimum Gasteiger partial charge on any atom is -0.361 e. The fourth-order valence-electron chi connectivity index (χ4n) is 3.08. The summed E-state index contributed by atoms with van der Waals surface area (Å²) in [7, 11) is 0. The quantitative estimate of drug-likeness (QED) is 0.404. The molecule has 4 heteroatoms. The third-order valence-corrected chi connectivity index (χ3v) is 4.91. The van der Waals surface area contributed by atoms with Crippen molar-refractivity contribution < 1.29 is 4.52 Å². The van der Waals surface area contributed by atoms with Gasteiger partial charge in [-0.25, -0.2) is 9.97 Å². The maximum Gasteiger partial charge on any atom is 0.137 e. The van der Waals surface area contributed by atoms with Crippen LogP contribution in [0.3, 0.4) is 0 Å². The molecule has 4 rings (SSSR count). The molecule has 0 saturated carbocycles. The molecule has 0 aliphatic heterocycles. The SMILES string of the molecule is Cc1ccc(-c2noc(C)c2C)cc1.Cc1cccc(-c2cnc(C)nc2C)c1. The van der Waals surface area contributed by atoms with Crippen LogP contribution in [0.5, 0.6) is 0 Å². The minimum absolute atomic E-state index is 0.823. The Hall–Kier alpha value is -3.27. The summed E-state index contributed by atoms with van der Waals surface area (Å²) < 4.78 is 5.13. The van der Waals surface area contributed by atoms with Crippen LogP contribution in [0.4, 0.5) is 0 Å². The van der Waals surface area contributed by atoms with Gasteiger partial charge in [-0.3, -0.25) is 0 Å². The second-order valence-electron chi connectivity index (χ2n) is 7.36. The summed E-state index contributed by atoms with van der Waals surface area (Å²) in [5, 5.41) is 4.04. The third-order valence-electron chi connectivity index (χ3n) is 4.91. The summed E-state index contributed by atoms with van der Waals surface area (Å²) >= 11 is 0. The van der Waals surface area contributed by atoms with Crippen LogP contribution in [-0.2, 0) is 0 Å². The lowest BCUT2D eigenvalue weighted by molar-refractivity contribution is 0.398. The summed E-state index contributed by atoms with van der Waals surface area (Å²) in [6, 6.07) is 16.7. The van der Waals surface area contributed by atoms with Crippen molar-refractivity contribution in [2.24, 2.45) is 0 Å². The van der Waals surface area contributed by atoms with Crippen LogP contribution >= 0.6 is 0 Å². The van der Waals surface area contributed by atoms with E-state index in [2.05, 4.69) is 77.5 Å². The molecule has 0 saturated heterocycles. The van der Waals surface area contributed by atoms with Crippen molar-refractivity contribution in [3.05, 3.63) is 88.7 Å². The molecule has 0 spiro atoms. The molecule has 2 aromatic heterocycles. The zero-order valence-corrected chi connectivity index (χ0v) is 17.9. The molecule has 0 bridgehead atoms. The number of aromatic nitrogens is 3. The van der Waals surface area contributed by atoms with Gasteiger partial charge in [-0.15, -0.1) is 0 Å². The lowest BCUT2D eigenvalue weighted by Crippen LogP contribution is -1.93. The molecule has 4 aromatic rings. The average molecular weight is 386 g/mol. The first-order chi connectivity index (χ1) is 13.8. The van der Waals surface area contributed by atoms with E-state index in [4.69, 9.17) is 4.52 Å². The van der Waals surface area contributed by atoms with Gasteiger partial charge in [-0.1, -0.05) is 64.8 Å². The van der Waals surface area contributed by atoms with Crippen molar-refractivity contribution in [2.45, 2.75) is 41.5 Å². The highest BCUT2D eigenvalue weighted by Crippen LogP contribution is 2.24. The highest BCUT2D eigenvalue weighted by molar-refractivity contribution is 5.65. The topological polar surface area (TPSA) is 51.8 Å². The van der Waals surface area contributed by atoms with Gasteiger partial charge in [0, 0.05) is 28.6 Å². The molecule has 148 valence electrons. The molecule has 0 atom stereocenters. The zero-order valence-electron chi connectivity index (χ0n) is 17.9. The lowest BCUT2D eigenvalue weighted by Gasteiger charge is -2.06. The number of aryl methyl sites for hydroxylation is 5. The average Bonchev–Trinajstić information content (AvgIpc) is 3.02. The molecule has 29 heavy (non-hydrogen) atoms. The largest absolute Gasteiger partial charge is 0.361 e. The van der Waals surface area contributed by atoms with Gasteiger partial charge in [0.2, 0.25) is 0 Å². The van der Waals surface area contributed by atoms with Crippen LogP contribution in [0, 0.1) is 41.5 Å². The Kier molecular flexibility index (Phi) is 6.23. The first-order valence-corrected chi connectivity index (χ1v) is 9.72. The lowest BCUT2D eigenvalue weighted by atomic mass is 10.0.